The molecule has 0 spiro atoms. The fourth-order valence-corrected chi connectivity index (χ4v) is 4.59. The van der Waals surface area contributed by atoms with Crippen molar-refractivity contribution in [2.45, 2.75) is 11.8 Å². The molecule has 0 aliphatic carbocycles. The Morgan fingerprint density at radius 2 is 2.03 bits per heavy atom. The summed E-state index contributed by atoms with van der Waals surface area (Å²) in [6.07, 6.45) is 1.20. The molecule has 0 fully saturated rings. The van der Waals surface area contributed by atoms with Gasteiger partial charge in [-0.15, -0.1) is 11.3 Å². The first-order valence-electron chi connectivity index (χ1n) is 8.32. The van der Waals surface area contributed by atoms with Crippen LogP contribution in [-0.2, 0) is 17.2 Å². The van der Waals surface area contributed by atoms with Crippen molar-refractivity contribution in [3.63, 3.8) is 0 Å². The highest BCUT2D eigenvalue weighted by molar-refractivity contribution is 7.87. The fraction of sp³-hybridized carbons (Fsp3) is 0.111. The Morgan fingerprint density at radius 3 is 2.72 bits per heavy atom. The monoisotopic (exact) mass is 430 g/mol. The van der Waals surface area contributed by atoms with Gasteiger partial charge in [-0.05, 0) is 30.5 Å². The largest absolute Gasteiger partial charge is 0.378 e. The van der Waals surface area contributed by atoms with Crippen LogP contribution in [0.2, 0.25) is 0 Å². The zero-order valence-corrected chi connectivity index (χ0v) is 16.9. The Bertz CT molecular complexity index is 1340. The molecular formula is C18H14N4O5S2. The van der Waals surface area contributed by atoms with Crippen LogP contribution >= 0.6 is 11.3 Å². The van der Waals surface area contributed by atoms with Crippen LogP contribution in [0.3, 0.4) is 0 Å². The minimum absolute atomic E-state index is 0.000977. The quantitative estimate of drug-likeness (QED) is 0.269. The molecule has 29 heavy (non-hydrogen) atoms. The van der Waals surface area contributed by atoms with Gasteiger partial charge in [0.15, 0.2) is 11.4 Å². The molecule has 0 N–H and O–H groups in total. The highest BCUT2D eigenvalue weighted by atomic mass is 32.2. The Kier molecular flexibility index (Phi) is 4.55. The van der Waals surface area contributed by atoms with E-state index < -0.39 is 15.0 Å². The third-order valence-corrected chi connectivity index (χ3v) is 6.39. The number of benzene rings is 1. The van der Waals surface area contributed by atoms with E-state index in [2.05, 4.69) is 10.1 Å². The van der Waals surface area contributed by atoms with Crippen LogP contribution in [0, 0.1) is 17.0 Å². The number of pyridine rings is 1. The summed E-state index contributed by atoms with van der Waals surface area (Å²) in [5.74, 6) is 0.000977. The first kappa shape index (κ1) is 19.0. The number of nitrogens with zero attached hydrogens (tertiary/aromatic N) is 4. The Morgan fingerprint density at radius 1 is 1.24 bits per heavy atom. The summed E-state index contributed by atoms with van der Waals surface area (Å²) in [6, 6.07) is 8.73. The second-order valence-electron chi connectivity index (χ2n) is 6.20. The summed E-state index contributed by atoms with van der Waals surface area (Å²) in [7, 11) is -2.50. The number of aromatic nitrogens is 3. The predicted octanol–water partition coefficient (Wildman–Crippen LogP) is 3.68. The van der Waals surface area contributed by atoms with Crippen molar-refractivity contribution in [1.82, 2.24) is 14.8 Å². The average molecular weight is 430 g/mol. The molecule has 0 amide bonds. The molecule has 4 aromatic rings. The van der Waals surface area contributed by atoms with Gasteiger partial charge in [-0.25, -0.2) is 4.98 Å². The lowest BCUT2D eigenvalue weighted by molar-refractivity contribution is -0.384. The minimum atomic E-state index is -4.22. The fourth-order valence-electron chi connectivity index (χ4n) is 2.92. The van der Waals surface area contributed by atoms with Crippen LogP contribution in [0.15, 0.2) is 52.9 Å². The molecule has 4 rings (SSSR count). The number of aryl methyl sites for hydroxylation is 2. The molecule has 148 valence electrons. The summed E-state index contributed by atoms with van der Waals surface area (Å²) < 4.78 is 32.7. The van der Waals surface area contributed by atoms with Gasteiger partial charge in [-0.1, -0.05) is 6.07 Å². The van der Waals surface area contributed by atoms with Gasteiger partial charge in [0.25, 0.3) is 5.69 Å². The second kappa shape index (κ2) is 6.94. The van der Waals surface area contributed by atoms with Crippen molar-refractivity contribution >= 4 is 38.2 Å². The van der Waals surface area contributed by atoms with Crippen LogP contribution < -0.4 is 4.18 Å². The molecule has 9 nitrogen and oxygen atoms in total. The van der Waals surface area contributed by atoms with Gasteiger partial charge in [0.2, 0.25) is 0 Å². The molecule has 0 radical (unpaired) electrons. The molecule has 0 bridgehead atoms. The number of nitro benzene ring substituents is 1. The van der Waals surface area contributed by atoms with Crippen LogP contribution in [0.4, 0.5) is 5.69 Å². The maximum atomic E-state index is 12.9. The van der Waals surface area contributed by atoms with E-state index in [-0.39, 0.29) is 16.3 Å². The molecule has 1 aromatic carbocycles. The molecule has 0 saturated carbocycles. The molecule has 0 aliphatic heterocycles. The highest BCUT2D eigenvalue weighted by Gasteiger charge is 2.23. The lowest BCUT2D eigenvalue weighted by Gasteiger charge is -2.11. The summed E-state index contributed by atoms with van der Waals surface area (Å²) in [4.78, 5) is 15.3. The van der Waals surface area contributed by atoms with Gasteiger partial charge >= 0.3 is 10.1 Å². The standard InChI is InChI=1S/C18H14N4O5S2/c1-11-14-9-13(10-19-18(14)21(2)20-11)29(25,26)27-16-6-5-12(22(23)24)8-15(16)17-4-3-7-28-17/h3-10H,1-2H3. The van der Waals surface area contributed by atoms with Crippen molar-refractivity contribution < 1.29 is 17.5 Å². The molecule has 0 atom stereocenters. The third-order valence-electron chi connectivity index (χ3n) is 4.29. The summed E-state index contributed by atoms with van der Waals surface area (Å²) in [6.45, 7) is 1.76. The van der Waals surface area contributed by atoms with Crippen LogP contribution in [-0.4, -0.2) is 28.1 Å². The average Bonchev–Trinajstić information content (AvgIpc) is 3.30. The topological polar surface area (TPSA) is 117 Å². The van der Waals surface area contributed by atoms with Gasteiger partial charge in [0, 0.05) is 35.0 Å². The van der Waals surface area contributed by atoms with Crippen molar-refractivity contribution in [2.24, 2.45) is 7.05 Å². The van der Waals surface area contributed by atoms with Crippen LogP contribution in [0.1, 0.15) is 5.69 Å². The van der Waals surface area contributed by atoms with Crippen LogP contribution in [0.25, 0.3) is 21.5 Å². The van der Waals surface area contributed by atoms with Crippen molar-refractivity contribution in [2.75, 3.05) is 0 Å². The number of rotatable bonds is 5. The summed E-state index contributed by atoms with van der Waals surface area (Å²) in [5, 5.41) is 17.7. The van der Waals surface area contributed by atoms with Crippen molar-refractivity contribution in [3.05, 3.63) is 63.8 Å². The Hall–Kier alpha value is -3.31. The zero-order chi connectivity index (χ0) is 20.8. The number of fused-ring (bicyclic) bond motifs is 1. The van der Waals surface area contributed by atoms with Gasteiger partial charge in [0.1, 0.15) is 4.90 Å². The third kappa shape index (κ3) is 3.45. The lowest BCUT2D eigenvalue weighted by Crippen LogP contribution is -2.11. The van der Waals surface area contributed by atoms with Crippen LogP contribution in [0.5, 0.6) is 5.75 Å². The molecule has 11 heteroatoms. The van der Waals surface area contributed by atoms with E-state index in [9.17, 15) is 18.5 Å². The summed E-state index contributed by atoms with van der Waals surface area (Å²) >= 11 is 1.32. The predicted molar refractivity (Wildman–Crippen MR) is 107 cm³/mol. The molecule has 0 unspecified atom stereocenters. The Balaban J connectivity index is 1.79. The van der Waals surface area contributed by atoms with E-state index in [1.54, 1.807) is 36.2 Å². The second-order valence-corrected chi connectivity index (χ2v) is 8.70. The van der Waals surface area contributed by atoms with E-state index in [4.69, 9.17) is 4.18 Å². The maximum Gasteiger partial charge on any atom is 0.340 e. The number of non-ortho nitro benzene ring substituents is 1. The minimum Gasteiger partial charge on any atom is -0.378 e. The summed E-state index contributed by atoms with van der Waals surface area (Å²) in [5.41, 5.74) is 1.36. The molecule has 0 saturated heterocycles. The number of thiophene rings is 1. The lowest BCUT2D eigenvalue weighted by atomic mass is 10.1. The maximum absolute atomic E-state index is 12.9. The van der Waals surface area contributed by atoms with E-state index >= 15 is 0 Å². The Labute approximate surface area is 169 Å². The number of hydrogen-bond donors (Lipinski definition) is 0. The van der Waals surface area contributed by atoms with Crippen molar-refractivity contribution in [3.8, 4) is 16.2 Å². The van der Waals surface area contributed by atoms with E-state index in [1.165, 1.54) is 41.8 Å². The molecule has 0 aliphatic rings. The zero-order valence-electron chi connectivity index (χ0n) is 15.3. The van der Waals surface area contributed by atoms with Gasteiger partial charge < -0.3 is 4.18 Å². The van der Waals surface area contributed by atoms with E-state index in [0.717, 1.165) is 0 Å². The molecule has 3 heterocycles. The van der Waals surface area contributed by atoms with Gasteiger partial charge in [-0.3, -0.25) is 14.8 Å². The van der Waals surface area contributed by atoms with E-state index in [1.807, 2.05) is 0 Å². The van der Waals surface area contributed by atoms with Crippen molar-refractivity contribution in [1.29, 1.82) is 0 Å². The molecular weight excluding hydrogens is 416 g/mol. The first-order valence-corrected chi connectivity index (χ1v) is 10.6. The van der Waals surface area contributed by atoms with Gasteiger partial charge in [-0.2, -0.15) is 13.5 Å². The van der Waals surface area contributed by atoms with E-state index in [0.29, 0.717) is 27.2 Å². The normalized spacial score (nSPS) is 11.7. The number of nitro groups is 1. The van der Waals surface area contributed by atoms with Gasteiger partial charge in [0.05, 0.1) is 16.8 Å². The SMILES string of the molecule is Cc1nn(C)c2ncc(S(=O)(=O)Oc3ccc([N+](=O)[O-])cc3-c3cccs3)cc12. The molecule has 3 aromatic heterocycles. The first-order chi connectivity index (χ1) is 13.8. The number of hydrogen-bond acceptors (Lipinski definition) is 8. The smallest absolute Gasteiger partial charge is 0.340 e. The highest BCUT2D eigenvalue weighted by Crippen LogP contribution is 2.37.